The molecule has 0 bridgehead atoms. The number of esters is 1. The van der Waals surface area contributed by atoms with Crippen LogP contribution in [-0.4, -0.2) is 71.2 Å². The molecule has 1 aromatic carbocycles. The third-order valence-corrected chi connectivity index (χ3v) is 6.51. The van der Waals surface area contributed by atoms with E-state index in [9.17, 15) is 13.2 Å². The summed E-state index contributed by atoms with van der Waals surface area (Å²) in [6.45, 7) is 2.83. The molecular formula is C16H24N2O6S. The summed E-state index contributed by atoms with van der Waals surface area (Å²) < 4.78 is 41.0. The van der Waals surface area contributed by atoms with E-state index < -0.39 is 20.7 Å². The van der Waals surface area contributed by atoms with Gasteiger partial charge in [0.2, 0.25) is 14.7 Å². The topological polar surface area (TPSA) is 108 Å². The van der Waals surface area contributed by atoms with E-state index in [0.717, 1.165) is 7.11 Å². The quantitative estimate of drug-likeness (QED) is 0.668. The average molecular weight is 372 g/mol. The van der Waals surface area contributed by atoms with Crippen molar-refractivity contribution in [2.45, 2.75) is 16.2 Å². The van der Waals surface area contributed by atoms with Crippen molar-refractivity contribution in [1.82, 2.24) is 4.90 Å². The molecule has 1 aliphatic heterocycles. The largest absolute Gasteiger partial charge is 0.497 e. The smallest absolute Gasteiger partial charge is 0.342 e. The van der Waals surface area contributed by atoms with Gasteiger partial charge in [0, 0.05) is 26.1 Å². The summed E-state index contributed by atoms with van der Waals surface area (Å²) in [7, 11) is -1.54. The maximum absolute atomic E-state index is 13.0. The Morgan fingerprint density at radius 1 is 1.24 bits per heavy atom. The van der Waals surface area contributed by atoms with Crippen molar-refractivity contribution in [3.8, 4) is 5.75 Å². The Morgan fingerprint density at radius 2 is 1.84 bits per heavy atom. The summed E-state index contributed by atoms with van der Waals surface area (Å²) in [5.41, 5.74) is 6.10. The Bertz CT molecular complexity index is 685. The minimum atomic E-state index is -4.15. The van der Waals surface area contributed by atoms with Crippen LogP contribution in [0.25, 0.3) is 0 Å². The number of morpholine rings is 1. The first-order chi connectivity index (χ1) is 11.8. The van der Waals surface area contributed by atoms with Crippen molar-refractivity contribution in [3.05, 3.63) is 24.3 Å². The van der Waals surface area contributed by atoms with E-state index in [2.05, 4.69) is 0 Å². The van der Waals surface area contributed by atoms with E-state index in [1.54, 1.807) is 0 Å². The Labute approximate surface area is 147 Å². The molecule has 0 aromatic heterocycles. The first kappa shape index (κ1) is 19.6. The first-order valence-corrected chi connectivity index (χ1v) is 9.39. The van der Waals surface area contributed by atoms with Gasteiger partial charge < -0.3 is 19.9 Å². The molecule has 0 saturated carbocycles. The Hall–Kier alpha value is -1.68. The van der Waals surface area contributed by atoms with Crippen LogP contribution in [0.4, 0.5) is 0 Å². The van der Waals surface area contributed by atoms with Crippen molar-refractivity contribution in [2.75, 3.05) is 47.1 Å². The number of carbonyl (C=O) groups excluding carboxylic acids is 1. The van der Waals surface area contributed by atoms with Crippen LogP contribution in [-0.2, 0) is 24.1 Å². The van der Waals surface area contributed by atoms with E-state index in [1.165, 1.54) is 31.4 Å². The van der Waals surface area contributed by atoms with Crippen LogP contribution in [0.15, 0.2) is 29.2 Å². The molecule has 0 radical (unpaired) electrons. The molecule has 2 N–H and O–H groups in total. The molecule has 1 aromatic rings. The van der Waals surface area contributed by atoms with Gasteiger partial charge in [-0.25, -0.2) is 13.2 Å². The third-order valence-electron chi connectivity index (χ3n) is 4.28. The van der Waals surface area contributed by atoms with Gasteiger partial charge in [0.15, 0.2) is 0 Å². The molecule has 0 spiro atoms. The van der Waals surface area contributed by atoms with Crippen molar-refractivity contribution < 1.29 is 27.4 Å². The summed E-state index contributed by atoms with van der Waals surface area (Å²) in [5, 5.41) is 0. The normalized spacial score (nSPS) is 18.4. The van der Waals surface area contributed by atoms with Gasteiger partial charge in [-0.1, -0.05) is 0 Å². The molecule has 25 heavy (non-hydrogen) atoms. The molecule has 1 heterocycles. The van der Waals surface area contributed by atoms with E-state index in [0.29, 0.717) is 38.6 Å². The van der Waals surface area contributed by atoms with Gasteiger partial charge in [0.25, 0.3) is 0 Å². The van der Waals surface area contributed by atoms with Gasteiger partial charge in [-0.05, 0) is 24.3 Å². The highest BCUT2D eigenvalue weighted by Gasteiger charge is 2.49. The fourth-order valence-electron chi connectivity index (χ4n) is 2.63. The lowest BCUT2D eigenvalue weighted by Crippen LogP contribution is -2.57. The number of methoxy groups -OCH3 is 2. The van der Waals surface area contributed by atoms with Gasteiger partial charge in [0.1, 0.15) is 5.75 Å². The summed E-state index contributed by atoms with van der Waals surface area (Å²) >= 11 is 0. The SMILES string of the molecule is COC(=O)C(N)(CCN1CCOCC1)S(=O)(=O)c1ccc(OC)cc1. The van der Waals surface area contributed by atoms with Crippen molar-refractivity contribution in [2.24, 2.45) is 5.73 Å². The number of benzene rings is 1. The number of sulfone groups is 1. The van der Waals surface area contributed by atoms with Crippen LogP contribution in [0.3, 0.4) is 0 Å². The molecule has 1 unspecified atom stereocenters. The molecule has 1 aliphatic rings. The zero-order valence-corrected chi connectivity index (χ0v) is 15.3. The summed E-state index contributed by atoms with van der Waals surface area (Å²) in [4.78, 5) is 12.1. The molecule has 9 heteroatoms. The predicted octanol–water partition coefficient (Wildman–Crippen LogP) is 0.0192. The second-order valence-corrected chi connectivity index (χ2v) is 7.97. The Kier molecular flexibility index (Phi) is 6.39. The summed E-state index contributed by atoms with van der Waals surface area (Å²) in [5.74, 6) is -0.468. The van der Waals surface area contributed by atoms with Crippen LogP contribution in [0.2, 0.25) is 0 Å². The van der Waals surface area contributed by atoms with Crippen LogP contribution < -0.4 is 10.5 Å². The zero-order valence-electron chi connectivity index (χ0n) is 14.4. The Balaban J connectivity index is 2.28. The highest BCUT2D eigenvalue weighted by molar-refractivity contribution is 7.93. The maximum atomic E-state index is 13.0. The number of nitrogens with zero attached hydrogens (tertiary/aromatic N) is 1. The number of hydrogen-bond acceptors (Lipinski definition) is 8. The standard InChI is InChI=1S/C16H24N2O6S/c1-22-13-3-5-14(6-4-13)25(20,21)16(17,15(19)23-2)7-8-18-9-11-24-12-10-18/h3-6H,7-12,17H2,1-2H3. The van der Waals surface area contributed by atoms with Crippen molar-refractivity contribution >= 4 is 15.8 Å². The molecule has 1 saturated heterocycles. The van der Waals surface area contributed by atoms with Gasteiger partial charge in [-0.15, -0.1) is 0 Å². The fraction of sp³-hybridized carbons (Fsp3) is 0.562. The van der Waals surface area contributed by atoms with Crippen LogP contribution in [0, 0.1) is 0 Å². The molecular weight excluding hydrogens is 348 g/mol. The monoisotopic (exact) mass is 372 g/mol. The van der Waals surface area contributed by atoms with Crippen LogP contribution >= 0.6 is 0 Å². The molecule has 0 aliphatic carbocycles. The van der Waals surface area contributed by atoms with E-state index in [4.69, 9.17) is 19.9 Å². The van der Waals surface area contributed by atoms with Crippen molar-refractivity contribution in [3.63, 3.8) is 0 Å². The number of ether oxygens (including phenoxy) is 3. The molecule has 140 valence electrons. The van der Waals surface area contributed by atoms with Gasteiger partial charge in [0.05, 0.1) is 32.3 Å². The first-order valence-electron chi connectivity index (χ1n) is 7.91. The van der Waals surface area contributed by atoms with Gasteiger partial charge in [-0.2, -0.15) is 0 Å². The lowest BCUT2D eigenvalue weighted by atomic mass is 10.2. The van der Waals surface area contributed by atoms with E-state index in [-0.39, 0.29) is 11.3 Å². The molecule has 1 atom stereocenters. The minimum absolute atomic E-state index is 0.0526. The second-order valence-electron chi connectivity index (χ2n) is 5.76. The fourth-order valence-corrected chi connectivity index (χ4v) is 4.21. The molecule has 1 fully saturated rings. The van der Waals surface area contributed by atoms with E-state index >= 15 is 0 Å². The van der Waals surface area contributed by atoms with Crippen molar-refractivity contribution in [1.29, 1.82) is 0 Å². The van der Waals surface area contributed by atoms with Crippen LogP contribution in [0.5, 0.6) is 5.75 Å². The number of rotatable bonds is 7. The van der Waals surface area contributed by atoms with Crippen LogP contribution in [0.1, 0.15) is 6.42 Å². The van der Waals surface area contributed by atoms with E-state index in [1.807, 2.05) is 4.90 Å². The average Bonchev–Trinajstić information content (AvgIpc) is 2.66. The third kappa shape index (κ3) is 4.12. The highest BCUT2D eigenvalue weighted by atomic mass is 32.2. The summed E-state index contributed by atoms with van der Waals surface area (Å²) in [6.07, 6.45) is -0.0754. The zero-order chi connectivity index (χ0) is 18.5. The predicted molar refractivity (Wildman–Crippen MR) is 91.0 cm³/mol. The van der Waals surface area contributed by atoms with Gasteiger partial charge >= 0.3 is 5.97 Å². The molecule has 2 rings (SSSR count). The number of hydrogen-bond donors (Lipinski definition) is 1. The second kappa shape index (κ2) is 8.13. The Morgan fingerprint density at radius 3 is 2.36 bits per heavy atom. The summed E-state index contributed by atoms with van der Waals surface area (Å²) in [6, 6.07) is 5.75. The number of nitrogens with two attached hydrogens (primary N) is 1. The maximum Gasteiger partial charge on any atom is 0.342 e. The minimum Gasteiger partial charge on any atom is -0.497 e. The molecule has 0 amide bonds. The highest BCUT2D eigenvalue weighted by Crippen LogP contribution is 2.28. The molecule has 8 nitrogen and oxygen atoms in total. The lowest BCUT2D eigenvalue weighted by Gasteiger charge is -2.31. The lowest BCUT2D eigenvalue weighted by molar-refractivity contribution is -0.144. The number of carbonyl (C=O) groups is 1. The van der Waals surface area contributed by atoms with Gasteiger partial charge in [-0.3, -0.25) is 4.90 Å².